The number of nitrogens with zero attached hydrogens (tertiary/aromatic N) is 1. The first-order valence-electron chi connectivity index (χ1n) is 9.72. The Labute approximate surface area is 172 Å². The molecule has 2 aromatic carbocycles. The molecule has 3 aromatic rings. The van der Waals surface area contributed by atoms with Crippen molar-refractivity contribution >= 4 is 23.0 Å². The highest BCUT2D eigenvalue weighted by Crippen LogP contribution is 2.28. The third-order valence-corrected chi connectivity index (χ3v) is 4.48. The van der Waals surface area contributed by atoms with Crippen molar-refractivity contribution in [3.8, 4) is 5.75 Å². The molecule has 1 aromatic heterocycles. The molecular weight excluding hydrogens is 362 g/mol. The van der Waals surface area contributed by atoms with Gasteiger partial charge in [0.2, 0.25) is 0 Å². The predicted molar refractivity (Wildman–Crippen MR) is 118 cm³/mol. The molecule has 0 aliphatic rings. The van der Waals surface area contributed by atoms with Crippen LogP contribution in [0.3, 0.4) is 0 Å². The average molecular weight is 389 g/mol. The summed E-state index contributed by atoms with van der Waals surface area (Å²) >= 11 is 0. The van der Waals surface area contributed by atoms with Gasteiger partial charge in [-0.2, -0.15) is 0 Å². The number of para-hydroxylation sites is 2. The van der Waals surface area contributed by atoms with Crippen LogP contribution in [-0.4, -0.2) is 17.5 Å². The fourth-order valence-electron chi connectivity index (χ4n) is 2.90. The second-order valence-corrected chi connectivity index (χ2v) is 7.80. The van der Waals surface area contributed by atoms with Crippen LogP contribution < -0.4 is 15.4 Å². The van der Waals surface area contributed by atoms with Gasteiger partial charge in [0.05, 0.1) is 29.7 Å². The van der Waals surface area contributed by atoms with Gasteiger partial charge in [-0.25, -0.2) is 0 Å². The van der Waals surface area contributed by atoms with E-state index in [0.717, 1.165) is 17.1 Å². The van der Waals surface area contributed by atoms with Crippen LogP contribution in [0.15, 0.2) is 67.0 Å². The molecule has 0 saturated carbocycles. The number of aromatic nitrogens is 1. The Morgan fingerprint density at radius 3 is 2.41 bits per heavy atom. The van der Waals surface area contributed by atoms with E-state index in [1.807, 2.05) is 55.5 Å². The first-order chi connectivity index (χ1) is 13.9. The van der Waals surface area contributed by atoms with Crippen molar-refractivity contribution in [3.63, 3.8) is 0 Å². The zero-order valence-electron chi connectivity index (χ0n) is 17.3. The maximum atomic E-state index is 12.7. The number of rotatable bonds is 6. The summed E-state index contributed by atoms with van der Waals surface area (Å²) in [5.41, 5.74) is 4.06. The van der Waals surface area contributed by atoms with E-state index in [1.54, 1.807) is 18.5 Å². The molecule has 150 valence electrons. The SMILES string of the molecule is CCOc1ccccc1Nc1cncc(C(=O)Nc2ccc(C(C)(C)C)cc2)c1. The van der Waals surface area contributed by atoms with E-state index in [-0.39, 0.29) is 11.3 Å². The van der Waals surface area contributed by atoms with E-state index >= 15 is 0 Å². The normalized spacial score (nSPS) is 11.0. The van der Waals surface area contributed by atoms with Gasteiger partial charge in [0.25, 0.3) is 5.91 Å². The molecule has 0 spiro atoms. The number of pyridine rings is 1. The van der Waals surface area contributed by atoms with Crippen molar-refractivity contribution in [1.29, 1.82) is 0 Å². The largest absolute Gasteiger partial charge is 0.492 e. The number of ether oxygens (including phenoxy) is 1. The van der Waals surface area contributed by atoms with E-state index in [2.05, 4.69) is 36.4 Å². The zero-order valence-corrected chi connectivity index (χ0v) is 17.3. The molecule has 0 saturated heterocycles. The standard InChI is InChI=1S/C24H27N3O2/c1-5-29-22-9-7-6-8-21(22)26-20-14-17(15-25-16-20)23(28)27-19-12-10-18(11-13-19)24(2,3)4/h6-16,26H,5H2,1-4H3,(H,27,28). The lowest BCUT2D eigenvalue weighted by Crippen LogP contribution is -2.14. The molecule has 0 unspecified atom stereocenters. The van der Waals surface area contributed by atoms with Crippen LogP contribution in [0.2, 0.25) is 0 Å². The van der Waals surface area contributed by atoms with E-state index < -0.39 is 0 Å². The number of hydrogen-bond donors (Lipinski definition) is 2. The second kappa shape index (κ2) is 8.78. The lowest BCUT2D eigenvalue weighted by Gasteiger charge is -2.19. The summed E-state index contributed by atoms with van der Waals surface area (Å²) in [6.45, 7) is 9.00. The van der Waals surface area contributed by atoms with Crippen molar-refractivity contribution in [3.05, 3.63) is 78.1 Å². The van der Waals surface area contributed by atoms with E-state index in [1.165, 1.54) is 5.56 Å². The van der Waals surface area contributed by atoms with Gasteiger partial charge in [-0.05, 0) is 48.2 Å². The molecular formula is C24H27N3O2. The molecule has 5 nitrogen and oxygen atoms in total. The quantitative estimate of drug-likeness (QED) is 0.561. The molecule has 0 bridgehead atoms. The number of carbonyl (C=O) groups excluding carboxylic acids is 1. The lowest BCUT2D eigenvalue weighted by atomic mass is 9.87. The van der Waals surface area contributed by atoms with Crippen molar-refractivity contribution in [2.45, 2.75) is 33.1 Å². The van der Waals surface area contributed by atoms with Crippen LogP contribution in [0.5, 0.6) is 5.75 Å². The fraction of sp³-hybridized carbons (Fsp3) is 0.250. The maximum absolute atomic E-state index is 12.7. The Morgan fingerprint density at radius 2 is 1.72 bits per heavy atom. The van der Waals surface area contributed by atoms with Crippen LogP contribution >= 0.6 is 0 Å². The number of carbonyl (C=O) groups is 1. The molecule has 0 fully saturated rings. The first kappa shape index (κ1) is 20.4. The summed E-state index contributed by atoms with van der Waals surface area (Å²) in [4.78, 5) is 16.9. The molecule has 3 rings (SSSR count). The molecule has 29 heavy (non-hydrogen) atoms. The molecule has 0 aliphatic heterocycles. The van der Waals surface area contributed by atoms with Gasteiger partial charge >= 0.3 is 0 Å². The predicted octanol–water partition coefficient (Wildman–Crippen LogP) is 5.77. The Kier molecular flexibility index (Phi) is 6.17. The molecule has 1 amide bonds. The Balaban J connectivity index is 1.73. The monoisotopic (exact) mass is 389 g/mol. The second-order valence-electron chi connectivity index (χ2n) is 7.80. The molecule has 0 aliphatic carbocycles. The van der Waals surface area contributed by atoms with Gasteiger partial charge < -0.3 is 15.4 Å². The molecule has 5 heteroatoms. The summed E-state index contributed by atoms with van der Waals surface area (Å²) in [7, 11) is 0. The van der Waals surface area contributed by atoms with E-state index in [0.29, 0.717) is 17.9 Å². The Hall–Kier alpha value is -3.34. The Morgan fingerprint density at radius 1 is 1.00 bits per heavy atom. The average Bonchev–Trinajstić information content (AvgIpc) is 2.70. The van der Waals surface area contributed by atoms with Gasteiger partial charge in [-0.15, -0.1) is 0 Å². The molecule has 1 heterocycles. The third-order valence-electron chi connectivity index (χ3n) is 4.48. The molecule has 2 N–H and O–H groups in total. The highest BCUT2D eigenvalue weighted by atomic mass is 16.5. The maximum Gasteiger partial charge on any atom is 0.257 e. The topological polar surface area (TPSA) is 63.2 Å². The summed E-state index contributed by atoms with van der Waals surface area (Å²) in [6, 6.07) is 17.4. The molecule has 0 radical (unpaired) electrons. The first-order valence-corrected chi connectivity index (χ1v) is 9.72. The van der Waals surface area contributed by atoms with Crippen LogP contribution in [0, 0.1) is 0 Å². The summed E-state index contributed by atoms with van der Waals surface area (Å²) in [5, 5.41) is 6.20. The minimum atomic E-state index is -0.206. The van der Waals surface area contributed by atoms with Crippen LogP contribution in [-0.2, 0) is 5.41 Å². The number of benzene rings is 2. The number of nitrogens with one attached hydrogen (secondary N) is 2. The van der Waals surface area contributed by atoms with Crippen molar-refractivity contribution in [2.75, 3.05) is 17.2 Å². The molecule has 0 atom stereocenters. The fourth-order valence-corrected chi connectivity index (χ4v) is 2.90. The van der Waals surface area contributed by atoms with E-state index in [4.69, 9.17) is 4.74 Å². The lowest BCUT2D eigenvalue weighted by molar-refractivity contribution is 0.102. The van der Waals surface area contributed by atoms with Gasteiger partial charge in [0, 0.05) is 11.9 Å². The van der Waals surface area contributed by atoms with Crippen LogP contribution in [0.4, 0.5) is 17.1 Å². The number of amides is 1. The van der Waals surface area contributed by atoms with Gasteiger partial charge in [0.15, 0.2) is 0 Å². The highest BCUT2D eigenvalue weighted by molar-refractivity contribution is 6.04. The third kappa shape index (κ3) is 5.35. The number of hydrogen-bond acceptors (Lipinski definition) is 4. The summed E-state index contributed by atoms with van der Waals surface area (Å²) in [6.07, 6.45) is 3.23. The van der Waals surface area contributed by atoms with Gasteiger partial charge in [-0.3, -0.25) is 9.78 Å². The van der Waals surface area contributed by atoms with Gasteiger partial charge in [-0.1, -0.05) is 45.0 Å². The smallest absolute Gasteiger partial charge is 0.257 e. The van der Waals surface area contributed by atoms with Crippen molar-refractivity contribution in [1.82, 2.24) is 4.98 Å². The van der Waals surface area contributed by atoms with E-state index in [9.17, 15) is 4.79 Å². The van der Waals surface area contributed by atoms with Crippen LogP contribution in [0.1, 0.15) is 43.6 Å². The zero-order chi connectivity index (χ0) is 20.9. The number of anilines is 3. The highest BCUT2D eigenvalue weighted by Gasteiger charge is 2.14. The van der Waals surface area contributed by atoms with Crippen molar-refractivity contribution in [2.24, 2.45) is 0 Å². The minimum absolute atomic E-state index is 0.0737. The Bertz CT molecular complexity index is 976. The minimum Gasteiger partial charge on any atom is -0.492 e. The summed E-state index contributed by atoms with van der Waals surface area (Å²) < 4.78 is 5.64. The summed E-state index contributed by atoms with van der Waals surface area (Å²) in [5.74, 6) is 0.548. The van der Waals surface area contributed by atoms with Crippen LogP contribution in [0.25, 0.3) is 0 Å². The van der Waals surface area contributed by atoms with Gasteiger partial charge in [0.1, 0.15) is 5.75 Å². The van der Waals surface area contributed by atoms with Crippen molar-refractivity contribution < 1.29 is 9.53 Å².